The lowest BCUT2D eigenvalue weighted by Crippen LogP contribution is -2.06. The van der Waals surface area contributed by atoms with Gasteiger partial charge in [-0.1, -0.05) is 0 Å². The first-order valence-electron chi connectivity index (χ1n) is 3.67. The molecule has 0 saturated carbocycles. The molecule has 9 heteroatoms. The van der Waals surface area contributed by atoms with Gasteiger partial charge in [-0.3, -0.25) is 14.9 Å². The highest BCUT2D eigenvalue weighted by Crippen LogP contribution is 2.36. The molecule has 5 nitrogen and oxygen atoms in total. The van der Waals surface area contributed by atoms with Gasteiger partial charge in [-0.15, -0.1) is 0 Å². The monoisotopic (exact) mass is 314 g/mol. The summed E-state index contributed by atoms with van der Waals surface area (Å²) in [4.78, 5) is 23.7. The van der Waals surface area contributed by atoms with Gasteiger partial charge in [0.2, 0.25) is 0 Å². The van der Waals surface area contributed by atoms with Gasteiger partial charge in [0, 0.05) is 6.20 Å². The van der Waals surface area contributed by atoms with Crippen molar-refractivity contribution in [1.82, 2.24) is 4.98 Å². The molecule has 0 radical (unpaired) electrons. The van der Waals surface area contributed by atoms with Crippen LogP contribution < -0.4 is 0 Å². The van der Waals surface area contributed by atoms with Gasteiger partial charge in [-0.05, 0) is 27.5 Å². The Hall–Kier alpha value is -1.15. The van der Waals surface area contributed by atoms with Gasteiger partial charge in [0.25, 0.3) is 11.7 Å². The van der Waals surface area contributed by atoms with Crippen LogP contribution in [0.15, 0.2) is 10.8 Å². The van der Waals surface area contributed by atoms with E-state index < -0.39 is 33.4 Å². The fourth-order valence-electron chi connectivity index (χ4n) is 1.04. The highest BCUT2D eigenvalue weighted by atomic mass is 79.9. The van der Waals surface area contributed by atoms with E-state index in [0.717, 1.165) is 6.20 Å². The van der Waals surface area contributed by atoms with Crippen molar-refractivity contribution >= 4 is 38.5 Å². The smallest absolute Gasteiger partial charge is 0.276 e. The lowest BCUT2D eigenvalue weighted by Gasteiger charge is -2.06. The number of nitro groups is 1. The molecule has 0 aliphatic heterocycles. The maximum absolute atomic E-state index is 12.6. The van der Waals surface area contributed by atoms with Crippen LogP contribution in [0.4, 0.5) is 14.5 Å². The number of aromatic nitrogens is 1. The van der Waals surface area contributed by atoms with E-state index in [0.29, 0.717) is 0 Å². The molecule has 16 heavy (non-hydrogen) atoms. The van der Waals surface area contributed by atoms with Crippen LogP contribution in [0.2, 0.25) is 0 Å². The number of halogens is 4. The fourth-order valence-corrected chi connectivity index (χ4v) is 1.65. The highest BCUT2D eigenvalue weighted by Gasteiger charge is 2.31. The highest BCUT2D eigenvalue weighted by molar-refractivity contribution is 9.10. The van der Waals surface area contributed by atoms with Crippen LogP contribution in [0.25, 0.3) is 0 Å². The Labute approximate surface area is 101 Å². The molecular formula is C7H2BrClF2N2O3. The van der Waals surface area contributed by atoms with Crippen LogP contribution in [0.3, 0.4) is 0 Å². The van der Waals surface area contributed by atoms with E-state index in [4.69, 9.17) is 11.6 Å². The minimum atomic E-state index is -3.20. The average Bonchev–Trinajstić information content (AvgIpc) is 2.15. The number of carbonyl (C=O) groups excluding carboxylic acids is 1. The van der Waals surface area contributed by atoms with Gasteiger partial charge in [-0.25, -0.2) is 13.8 Å². The molecule has 1 heterocycles. The number of pyridine rings is 1. The summed E-state index contributed by atoms with van der Waals surface area (Å²) in [6.07, 6.45) is -2.44. The molecule has 1 rings (SSSR count). The molecule has 0 bridgehead atoms. The Kier molecular flexibility index (Phi) is 3.87. The molecule has 1 aromatic heterocycles. The average molecular weight is 315 g/mol. The van der Waals surface area contributed by atoms with Crippen molar-refractivity contribution in [3.05, 3.63) is 32.0 Å². The molecule has 0 unspecified atom stereocenters. The summed E-state index contributed by atoms with van der Waals surface area (Å²) in [6, 6.07) is 0. The lowest BCUT2D eigenvalue weighted by atomic mass is 10.1. The van der Waals surface area contributed by atoms with Crippen LogP contribution in [-0.4, -0.2) is 15.1 Å². The summed E-state index contributed by atoms with van der Waals surface area (Å²) in [7, 11) is 0. The third-order valence-corrected chi connectivity index (χ3v) is 2.44. The van der Waals surface area contributed by atoms with Gasteiger partial charge >= 0.3 is 5.69 Å². The molecule has 1 aromatic rings. The van der Waals surface area contributed by atoms with Crippen LogP contribution >= 0.6 is 27.5 Å². The predicted molar refractivity (Wildman–Crippen MR) is 53.7 cm³/mol. The molecule has 0 atom stereocenters. The normalized spacial score (nSPS) is 10.6. The van der Waals surface area contributed by atoms with Crippen molar-refractivity contribution < 1.29 is 18.5 Å². The Balaban J connectivity index is 3.63. The number of rotatable bonds is 3. The number of hydrogen-bond acceptors (Lipinski definition) is 4. The van der Waals surface area contributed by atoms with Gasteiger partial charge in [0.15, 0.2) is 4.60 Å². The summed E-state index contributed by atoms with van der Waals surface area (Å²) >= 11 is 7.69. The van der Waals surface area contributed by atoms with Crippen LogP contribution in [0, 0.1) is 10.1 Å². The summed E-state index contributed by atoms with van der Waals surface area (Å²) in [5, 5.41) is 9.35. The molecule has 0 fully saturated rings. The molecule has 0 amide bonds. The summed E-state index contributed by atoms with van der Waals surface area (Å²) in [5.74, 6) is 0. The zero-order valence-electron chi connectivity index (χ0n) is 7.29. The Morgan fingerprint density at radius 3 is 2.56 bits per heavy atom. The second-order valence-corrected chi connectivity index (χ2v) is 3.65. The van der Waals surface area contributed by atoms with Gasteiger partial charge in [-0.2, -0.15) is 0 Å². The van der Waals surface area contributed by atoms with E-state index in [9.17, 15) is 23.7 Å². The first-order valence-corrected chi connectivity index (χ1v) is 4.84. The lowest BCUT2D eigenvalue weighted by molar-refractivity contribution is -0.387. The zero-order chi connectivity index (χ0) is 12.5. The minimum absolute atomic E-state index is 0.380. The number of nitrogens with zero attached hydrogens (tertiary/aromatic N) is 2. The maximum atomic E-state index is 12.6. The topological polar surface area (TPSA) is 73.1 Å². The van der Waals surface area contributed by atoms with Gasteiger partial charge in [0.1, 0.15) is 5.56 Å². The largest absolute Gasteiger partial charge is 0.311 e. The minimum Gasteiger partial charge on any atom is -0.276 e. The maximum Gasteiger partial charge on any atom is 0.311 e. The first-order chi connectivity index (χ1) is 7.36. The Morgan fingerprint density at radius 2 is 2.19 bits per heavy atom. The van der Waals surface area contributed by atoms with Crippen molar-refractivity contribution in [2.75, 3.05) is 0 Å². The van der Waals surface area contributed by atoms with E-state index >= 15 is 0 Å². The van der Waals surface area contributed by atoms with E-state index in [2.05, 4.69) is 20.9 Å². The molecule has 0 aromatic carbocycles. The van der Waals surface area contributed by atoms with Gasteiger partial charge < -0.3 is 0 Å². The van der Waals surface area contributed by atoms with Crippen molar-refractivity contribution in [2.45, 2.75) is 6.43 Å². The van der Waals surface area contributed by atoms with E-state index in [1.54, 1.807) is 0 Å². The van der Waals surface area contributed by atoms with Crippen molar-refractivity contribution in [3.8, 4) is 0 Å². The first kappa shape index (κ1) is 12.9. The molecule has 0 aliphatic carbocycles. The molecule has 86 valence electrons. The molecule has 0 saturated heterocycles. The van der Waals surface area contributed by atoms with Crippen LogP contribution in [-0.2, 0) is 0 Å². The van der Waals surface area contributed by atoms with Crippen LogP contribution in [0.1, 0.15) is 22.3 Å². The summed E-state index contributed by atoms with van der Waals surface area (Å²) in [6.45, 7) is 0. The number of hydrogen-bond donors (Lipinski definition) is 0. The van der Waals surface area contributed by atoms with E-state index in [1.807, 2.05) is 0 Å². The van der Waals surface area contributed by atoms with Crippen molar-refractivity contribution in [1.29, 1.82) is 0 Å². The quantitative estimate of drug-likeness (QED) is 0.372. The third-order valence-electron chi connectivity index (χ3n) is 1.66. The van der Waals surface area contributed by atoms with Crippen molar-refractivity contribution in [3.63, 3.8) is 0 Å². The fraction of sp³-hybridized carbons (Fsp3) is 0.143. The molecule has 0 N–H and O–H groups in total. The molecule has 0 spiro atoms. The second kappa shape index (κ2) is 4.79. The van der Waals surface area contributed by atoms with E-state index in [1.165, 1.54) is 0 Å². The zero-order valence-corrected chi connectivity index (χ0v) is 9.63. The van der Waals surface area contributed by atoms with Crippen LogP contribution in [0.5, 0.6) is 0 Å². The van der Waals surface area contributed by atoms with E-state index in [-0.39, 0.29) is 4.60 Å². The Morgan fingerprint density at radius 1 is 1.62 bits per heavy atom. The molecular weight excluding hydrogens is 313 g/mol. The van der Waals surface area contributed by atoms with Gasteiger partial charge in [0.05, 0.1) is 10.5 Å². The number of carbonyl (C=O) groups is 1. The summed E-state index contributed by atoms with van der Waals surface area (Å²) < 4.78 is 24.9. The molecule has 0 aliphatic rings. The third kappa shape index (κ3) is 2.33. The standard InChI is InChI=1S/C7H2BrClF2N2O3/c8-5-4(13(15)16)3(7(10)11)2(1-12-5)6(9)14/h1,7H. The predicted octanol–water partition coefficient (Wildman–Crippen LogP) is 3.07. The SMILES string of the molecule is O=C(Cl)c1cnc(Br)c([N+](=O)[O-])c1C(F)F. The Bertz CT molecular complexity index is 469. The number of alkyl halides is 2. The van der Waals surface area contributed by atoms with Crippen molar-refractivity contribution in [2.24, 2.45) is 0 Å². The summed E-state index contributed by atoms with van der Waals surface area (Å²) in [5.41, 5.74) is -2.67. The second-order valence-electron chi connectivity index (χ2n) is 2.56.